The number of thiophene rings is 1. The second kappa shape index (κ2) is 11.2. The molecule has 0 aliphatic carbocycles. The fourth-order valence-corrected chi connectivity index (χ4v) is 9.72. The summed E-state index contributed by atoms with van der Waals surface area (Å²) in [5, 5.41) is 10.5. The summed E-state index contributed by atoms with van der Waals surface area (Å²) < 4.78 is 4.71. The van der Waals surface area contributed by atoms with Gasteiger partial charge in [-0.3, -0.25) is 9.55 Å². The zero-order valence-corrected chi connectivity index (χ0v) is 29.5. The van der Waals surface area contributed by atoms with E-state index in [9.17, 15) is 0 Å². The van der Waals surface area contributed by atoms with E-state index in [0.29, 0.717) is 5.95 Å². The van der Waals surface area contributed by atoms with Gasteiger partial charge in [0.15, 0.2) is 0 Å². The van der Waals surface area contributed by atoms with Crippen LogP contribution in [-0.4, -0.2) is 24.5 Å². The molecule has 0 aliphatic rings. The summed E-state index contributed by atoms with van der Waals surface area (Å²) in [6, 6.07) is 55.6. The lowest BCUT2D eigenvalue weighted by molar-refractivity contribution is 1.01. The highest BCUT2D eigenvalue weighted by Crippen LogP contribution is 2.47. The number of fused-ring (bicyclic) bond motifs is 14. The van der Waals surface area contributed by atoms with Gasteiger partial charge >= 0.3 is 0 Å². The normalized spacial score (nSPS) is 12.1. The lowest BCUT2D eigenvalue weighted by atomic mass is 9.94. The first-order chi connectivity index (χ1) is 26.8. The number of rotatable bonds is 3. The predicted octanol–water partition coefficient (Wildman–Crippen LogP) is 12.7. The molecule has 0 saturated heterocycles. The first-order valence-corrected chi connectivity index (χ1v) is 18.9. The van der Waals surface area contributed by atoms with Crippen LogP contribution in [0.1, 0.15) is 0 Å². The third-order valence-electron chi connectivity index (χ3n) is 10.8. The molecular formula is C48H27N5S. The predicted molar refractivity (Wildman–Crippen MR) is 226 cm³/mol. The van der Waals surface area contributed by atoms with E-state index in [1.807, 2.05) is 41.8 Å². The first kappa shape index (κ1) is 29.5. The van der Waals surface area contributed by atoms with Crippen molar-refractivity contribution in [3.63, 3.8) is 0 Å². The van der Waals surface area contributed by atoms with Crippen molar-refractivity contribution in [2.45, 2.75) is 0 Å². The van der Waals surface area contributed by atoms with E-state index in [1.165, 1.54) is 41.7 Å². The summed E-state index contributed by atoms with van der Waals surface area (Å²) in [5.41, 5.74) is 8.66. The van der Waals surface area contributed by atoms with Gasteiger partial charge in [-0.2, -0.15) is 0 Å². The largest absolute Gasteiger partial charge is 0.276 e. The Morgan fingerprint density at radius 3 is 1.96 bits per heavy atom. The molecule has 0 bridgehead atoms. The Morgan fingerprint density at radius 2 is 1.11 bits per heavy atom. The second-order valence-corrected chi connectivity index (χ2v) is 14.8. The maximum absolute atomic E-state index is 5.68. The van der Waals surface area contributed by atoms with Gasteiger partial charge in [0.05, 0.1) is 39.0 Å². The Bertz CT molecular complexity index is 3510. The van der Waals surface area contributed by atoms with Crippen molar-refractivity contribution in [2.75, 3.05) is 0 Å². The highest BCUT2D eigenvalue weighted by molar-refractivity contribution is 7.27. The second-order valence-electron chi connectivity index (χ2n) is 13.8. The molecule has 0 atom stereocenters. The van der Waals surface area contributed by atoms with E-state index in [0.717, 1.165) is 66.3 Å². The average molecular weight is 706 g/mol. The Balaban J connectivity index is 1.19. The first-order valence-electron chi connectivity index (χ1n) is 18.1. The number of hydrogen-bond donors (Lipinski definition) is 0. The van der Waals surface area contributed by atoms with Crippen molar-refractivity contribution in [2.24, 2.45) is 0 Å². The Hall–Kier alpha value is -7.02. The SMILES string of the molecule is c1ccc(-c2nc(-n3c4cc(-c5nc6c(c7ccccc57)c5ccccc5c5sc7ccccc7c65)ccc4c4ncccc43)nc3ccccc23)cc1. The van der Waals surface area contributed by atoms with E-state index in [-0.39, 0.29) is 0 Å². The molecule has 0 N–H and O–H groups in total. The summed E-state index contributed by atoms with van der Waals surface area (Å²) in [7, 11) is 0. The molecule has 12 aromatic rings. The van der Waals surface area contributed by atoms with Crippen LogP contribution in [0, 0.1) is 0 Å². The summed E-state index contributed by atoms with van der Waals surface area (Å²) in [4.78, 5) is 21.1. The van der Waals surface area contributed by atoms with Gasteiger partial charge in [-0.05, 0) is 47.2 Å². The number of hydrogen-bond acceptors (Lipinski definition) is 5. The van der Waals surface area contributed by atoms with Gasteiger partial charge in [0.25, 0.3) is 0 Å². The molecule has 5 nitrogen and oxygen atoms in total. The standard InChI is InChI=1S/C48H27N5S/c1-2-13-28(14-3-1)43-34-19-8-10-21-37(34)50-48(52-43)53-38-22-12-26-49-45(38)35-25-24-29(27-39(35)53)44-32-17-6-4-15-30(32)41-31-16-5-7-18-33(31)47-42(46(41)51-44)36-20-9-11-23-40(36)54-47/h1-27H. The minimum atomic E-state index is 0.604. The number of benzene rings is 7. The van der Waals surface area contributed by atoms with Gasteiger partial charge < -0.3 is 0 Å². The van der Waals surface area contributed by atoms with E-state index >= 15 is 0 Å². The Labute approximate surface area is 312 Å². The molecule has 0 radical (unpaired) electrons. The van der Waals surface area contributed by atoms with Crippen LogP contribution in [0.4, 0.5) is 0 Å². The monoisotopic (exact) mass is 705 g/mol. The molecule has 0 unspecified atom stereocenters. The zero-order valence-electron chi connectivity index (χ0n) is 28.7. The van der Waals surface area contributed by atoms with Crippen molar-refractivity contribution in [1.82, 2.24) is 24.5 Å². The smallest absolute Gasteiger partial charge is 0.235 e. The molecule has 0 saturated carbocycles. The Morgan fingerprint density at radius 1 is 0.426 bits per heavy atom. The maximum Gasteiger partial charge on any atom is 0.235 e. The van der Waals surface area contributed by atoms with Gasteiger partial charge in [-0.25, -0.2) is 15.0 Å². The highest BCUT2D eigenvalue weighted by Gasteiger charge is 2.22. The Kier molecular flexibility index (Phi) is 6.15. The summed E-state index contributed by atoms with van der Waals surface area (Å²) in [6.45, 7) is 0. The van der Waals surface area contributed by atoms with Crippen molar-refractivity contribution in [3.05, 3.63) is 164 Å². The van der Waals surface area contributed by atoms with Gasteiger partial charge in [-0.15, -0.1) is 11.3 Å². The maximum atomic E-state index is 5.68. The molecule has 12 rings (SSSR count). The van der Waals surface area contributed by atoms with Gasteiger partial charge in [0.2, 0.25) is 5.95 Å². The zero-order chi connectivity index (χ0) is 35.3. The topological polar surface area (TPSA) is 56.5 Å². The molecular weight excluding hydrogens is 679 g/mol. The van der Waals surface area contributed by atoms with Crippen LogP contribution in [0.5, 0.6) is 0 Å². The molecule has 7 aromatic carbocycles. The molecule has 250 valence electrons. The third-order valence-corrected chi connectivity index (χ3v) is 12.0. The lowest BCUT2D eigenvalue weighted by Gasteiger charge is -2.14. The van der Waals surface area contributed by atoms with Gasteiger partial charge in [0.1, 0.15) is 0 Å². The summed E-state index contributed by atoms with van der Waals surface area (Å²) >= 11 is 1.85. The summed E-state index contributed by atoms with van der Waals surface area (Å²) in [6.07, 6.45) is 1.86. The van der Waals surface area contributed by atoms with Gasteiger partial charge in [0, 0.05) is 64.4 Å². The molecule has 0 aliphatic heterocycles. The van der Waals surface area contributed by atoms with Crippen LogP contribution >= 0.6 is 11.3 Å². The van der Waals surface area contributed by atoms with Crippen molar-refractivity contribution >= 4 is 96.8 Å². The fourth-order valence-electron chi connectivity index (χ4n) is 8.48. The molecule has 0 spiro atoms. The van der Waals surface area contributed by atoms with Crippen LogP contribution < -0.4 is 0 Å². The molecule has 0 fully saturated rings. The van der Waals surface area contributed by atoms with E-state index < -0.39 is 0 Å². The van der Waals surface area contributed by atoms with Crippen molar-refractivity contribution < 1.29 is 0 Å². The van der Waals surface area contributed by atoms with Crippen LogP contribution in [0.3, 0.4) is 0 Å². The van der Waals surface area contributed by atoms with Crippen LogP contribution in [-0.2, 0) is 0 Å². The quantitative estimate of drug-likeness (QED) is 0.172. The van der Waals surface area contributed by atoms with Crippen LogP contribution in [0.15, 0.2) is 164 Å². The molecule has 5 aromatic heterocycles. The number of aromatic nitrogens is 5. The van der Waals surface area contributed by atoms with E-state index in [2.05, 4.69) is 138 Å². The van der Waals surface area contributed by atoms with Gasteiger partial charge in [-0.1, -0.05) is 121 Å². The van der Waals surface area contributed by atoms with Crippen LogP contribution in [0.25, 0.3) is 114 Å². The van der Waals surface area contributed by atoms with Crippen molar-refractivity contribution in [3.8, 4) is 28.5 Å². The van der Waals surface area contributed by atoms with Crippen LogP contribution in [0.2, 0.25) is 0 Å². The minimum Gasteiger partial charge on any atom is -0.276 e. The molecule has 0 amide bonds. The molecule has 6 heteroatoms. The number of nitrogens with zero attached hydrogens (tertiary/aromatic N) is 5. The van der Waals surface area contributed by atoms with E-state index in [1.54, 1.807) is 0 Å². The fraction of sp³-hybridized carbons (Fsp3) is 0. The lowest BCUT2D eigenvalue weighted by Crippen LogP contribution is -2.03. The average Bonchev–Trinajstić information content (AvgIpc) is 3.80. The number of para-hydroxylation sites is 1. The summed E-state index contributed by atoms with van der Waals surface area (Å²) in [5.74, 6) is 0.604. The minimum absolute atomic E-state index is 0.604. The number of pyridine rings is 2. The highest BCUT2D eigenvalue weighted by atomic mass is 32.1. The van der Waals surface area contributed by atoms with E-state index in [4.69, 9.17) is 19.9 Å². The third kappa shape index (κ3) is 4.14. The molecule has 54 heavy (non-hydrogen) atoms. The van der Waals surface area contributed by atoms with Crippen molar-refractivity contribution in [1.29, 1.82) is 0 Å². The molecule has 5 heterocycles.